The van der Waals surface area contributed by atoms with Crippen LogP contribution < -0.4 is 5.32 Å². The Morgan fingerprint density at radius 3 is 2.41 bits per heavy atom. The fraction of sp³-hybridized carbons (Fsp3) is 0.238. The molecule has 2 atom stereocenters. The molecule has 5 nitrogen and oxygen atoms in total. The molecule has 2 unspecified atom stereocenters. The molecule has 3 rings (SSSR count). The Labute approximate surface area is 156 Å². The molecule has 1 heterocycles. The van der Waals surface area contributed by atoms with Crippen molar-refractivity contribution in [3.05, 3.63) is 71.2 Å². The molecule has 27 heavy (non-hydrogen) atoms. The number of esters is 1. The van der Waals surface area contributed by atoms with Gasteiger partial charge in [-0.05, 0) is 44.5 Å². The number of ether oxygens (including phenoxy) is 1. The van der Waals surface area contributed by atoms with Crippen LogP contribution in [-0.4, -0.2) is 18.0 Å². The van der Waals surface area contributed by atoms with E-state index in [4.69, 9.17) is 9.15 Å². The van der Waals surface area contributed by atoms with E-state index in [1.54, 1.807) is 32.0 Å². The first kappa shape index (κ1) is 18.6. The van der Waals surface area contributed by atoms with Crippen molar-refractivity contribution in [1.29, 1.82) is 0 Å². The molecule has 0 aliphatic rings. The highest BCUT2D eigenvalue weighted by Crippen LogP contribution is 2.25. The van der Waals surface area contributed by atoms with Crippen molar-refractivity contribution in [3.63, 3.8) is 0 Å². The quantitative estimate of drug-likeness (QED) is 0.681. The lowest BCUT2D eigenvalue weighted by atomic mass is 10.1. The highest BCUT2D eigenvalue weighted by Gasteiger charge is 2.25. The molecular weight excluding hydrogens is 349 g/mol. The smallest absolute Gasteiger partial charge is 0.375 e. The zero-order chi connectivity index (χ0) is 19.6. The van der Waals surface area contributed by atoms with Crippen LogP contribution in [0.3, 0.4) is 0 Å². The number of fused-ring (bicyclic) bond motifs is 1. The predicted octanol–water partition coefficient (Wildman–Crippen LogP) is 4.30. The number of rotatable bonds is 5. The van der Waals surface area contributed by atoms with Crippen LogP contribution >= 0.6 is 0 Å². The Kier molecular flexibility index (Phi) is 5.26. The SMILES string of the molecule is Cc1c(C(=O)OC(C)C(=O)NC(C)c2ccc(F)cc2)oc2ccccc12. The molecule has 0 radical (unpaired) electrons. The van der Waals surface area contributed by atoms with E-state index in [-0.39, 0.29) is 17.6 Å². The third-order valence-electron chi connectivity index (χ3n) is 4.41. The number of nitrogens with one attached hydrogen (secondary N) is 1. The van der Waals surface area contributed by atoms with Gasteiger partial charge >= 0.3 is 5.97 Å². The number of hydrogen-bond donors (Lipinski definition) is 1. The topological polar surface area (TPSA) is 68.5 Å². The molecule has 140 valence electrons. The lowest BCUT2D eigenvalue weighted by molar-refractivity contribution is -0.129. The zero-order valence-corrected chi connectivity index (χ0v) is 15.3. The van der Waals surface area contributed by atoms with E-state index in [0.29, 0.717) is 11.1 Å². The number of amides is 1. The molecule has 0 bridgehead atoms. The molecule has 3 aromatic rings. The van der Waals surface area contributed by atoms with Gasteiger partial charge in [0.2, 0.25) is 5.76 Å². The van der Waals surface area contributed by atoms with Crippen LogP contribution in [0.15, 0.2) is 52.9 Å². The molecule has 0 saturated carbocycles. The van der Waals surface area contributed by atoms with E-state index in [2.05, 4.69) is 5.32 Å². The standard InChI is InChI=1S/C21H20FNO4/c1-12-17-6-4-5-7-18(17)27-19(12)21(25)26-14(3)20(24)23-13(2)15-8-10-16(22)11-9-15/h4-11,13-14H,1-3H3,(H,23,24). The summed E-state index contributed by atoms with van der Waals surface area (Å²) in [4.78, 5) is 24.7. The summed E-state index contributed by atoms with van der Waals surface area (Å²) >= 11 is 0. The van der Waals surface area contributed by atoms with E-state index in [1.807, 2.05) is 18.2 Å². The lowest BCUT2D eigenvalue weighted by Gasteiger charge is -2.18. The second kappa shape index (κ2) is 7.61. The van der Waals surface area contributed by atoms with Crippen molar-refractivity contribution in [3.8, 4) is 0 Å². The van der Waals surface area contributed by atoms with Crippen LogP contribution in [-0.2, 0) is 9.53 Å². The van der Waals surface area contributed by atoms with E-state index in [1.165, 1.54) is 19.1 Å². The van der Waals surface area contributed by atoms with Crippen molar-refractivity contribution in [2.24, 2.45) is 0 Å². The first-order valence-electron chi connectivity index (χ1n) is 8.61. The molecule has 0 aliphatic carbocycles. The van der Waals surface area contributed by atoms with Crippen molar-refractivity contribution < 1.29 is 23.1 Å². The maximum atomic E-state index is 13.0. The van der Waals surface area contributed by atoms with Crippen LogP contribution in [0.25, 0.3) is 11.0 Å². The number of para-hydroxylation sites is 1. The van der Waals surface area contributed by atoms with Gasteiger partial charge in [-0.15, -0.1) is 0 Å². The summed E-state index contributed by atoms with van der Waals surface area (Å²) in [5.41, 5.74) is 2.00. The van der Waals surface area contributed by atoms with Gasteiger partial charge in [0.25, 0.3) is 5.91 Å². The van der Waals surface area contributed by atoms with Crippen LogP contribution in [0, 0.1) is 12.7 Å². The van der Waals surface area contributed by atoms with E-state index >= 15 is 0 Å². The Balaban J connectivity index is 1.65. The average molecular weight is 369 g/mol. The Bertz CT molecular complexity index is 978. The molecular formula is C21H20FNO4. The minimum atomic E-state index is -1.01. The maximum absolute atomic E-state index is 13.0. The molecule has 0 aliphatic heterocycles. The summed E-state index contributed by atoms with van der Waals surface area (Å²) in [6, 6.07) is 12.8. The van der Waals surface area contributed by atoms with Crippen LogP contribution in [0.5, 0.6) is 0 Å². The second-order valence-electron chi connectivity index (χ2n) is 6.38. The second-order valence-corrected chi connectivity index (χ2v) is 6.38. The van der Waals surface area contributed by atoms with Gasteiger partial charge in [-0.25, -0.2) is 9.18 Å². The molecule has 6 heteroatoms. The first-order chi connectivity index (χ1) is 12.9. The van der Waals surface area contributed by atoms with Gasteiger partial charge < -0.3 is 14.5 Å². The summed E-state index contributed by atoms with van der Waals surface area (Å²) in [6.07, 6.45) is -1.01. The monoisotopic (exact) mass is 369 g/mol. The van der Waals surface area contributed by atoms with Crippen molar-refractivity contribution in [2.75, 3.05) is 0 Å². The molecule has 0 spiro atoms. The normalized spacial score (nSPS) is 13.2. The molecule has 2 aromatic carbocycles. The van der Waals surface area contributed by atoms with Crippen LogP contribution in [0.1, 0.15) is 41.6 Å². The lowest BCUT2D eigenvalue weighted by Crippen LogP contribution is -2.37. The Morgan fingerprint density at radius 2 is 1.74 bits per heavy atom. The number of aryl methyl sites for hydroxylation is 1. The van der Waals surface area contributed by atoms with Gasteiger partial charge in [-0.2, -0.15) is 0 Å². The van der Waals surface area contributed by atoms with Crippen molar-refractivity contribution >= 4 is 22.8 Å². The summed E-state index contributed by atoms with van der Waals surface area (Å²) in [5.74, 6) is -1.40. The number of hydrogen-bond acceptors (Lipinski definition) is 4. The Hall–Kier alpha value is -3.15. The molecule has 1 amide bonds. The van der Waals surface area contributed by atoms with E-state index in [9.17, 15) is 14.0 Å². The van der Waals surface area contributed by atoms with Gasteiger partial charge in [-0.1, -0.05) is 30.3 Å². The molecule has 1 N–H and O–H groups in total. The fourth-order valence-electron chi connectivity index (χ4n) is 2.80. The van der Waals surface area contributed by atoms with Gasteiger partial charge in [0, 0.05) is 10.9 Å². The summed E-state index contributed by atoms with van der Waals surface area (Å²) in [5, 5.41) is 3.57. The van der Waals surface area contributed by atoms with E-state index in [0.717, 1.165) is 10.9 Å². The highest BCUT2D eigenvalue weighted by atomic mass is 19.1. The van der Waals surface area contributed by atoms with Gasteiger partial charge in [0.1, 0.15) is 11.4 Å². The average Bonchev–Trinajstić information content (AvgIpc) is 2.99. The molecule has 1 aromatic heterocycles. The largest absolute Gasteiger partial charge is 0.449 e. The van der Waals surface area contributed by atoms with Gasteiger partial charge in [0.15, 0.2) is 6.10 Å². The summed E-state index contributed by atoms with van der Waals surface area (Å²) in [7, 11) is 0. The number of halogens is 1. The maximum Gasteiger partial charge on any atom is 0.375 e. The highest BCUT2D eigenvalue weighted by molar-refractivity contribution is 5.97. The van der Waals surface area contributed by atoms with Gasteiger partial charge in [0.05, 0.1) is 6.04 Å². The molecule has 0 fully saturated rings. The van der Waals surface area contributed by atoms with Crippen LogP contribution in [0.2, 0.25) is 0 Å². The fourth-order valence-corrected chi connectivity index (χ4v) is 2.80. The minimum absolute atomic E-state index is 0.0856. The number of carbonyl (C=O) groups excluding carboxylic acids is 2. The third-order valence-corrected chi connectivity index (χ3v) is 4.41. The number of furan rings is 1. The number of benzene rings is 2. The van der Waals surface area contributed by atoms with Crippen LogP contribution in [0.4, 0.5) is 4.39 Å². The summed E-state index contributed by atoms with van der Waals surface area (Å²) < 4.78 is 23.8. The minimum Gasteiger partial charge on any atom is -0.449 e. The first-order valence-corrected chi connectivity index (χ1v) is 8.61. The zero-order valence-electron chi connectivity index (χ0n) is 15.3. The molecule has 0 saturated heterocycles. The van der Waals surface area contributed by atoms with Crippen molar-refractivity contribution in [2.45, 2.75) is 32.9 Å². The van der Waals surface area contributed by atoms with E-state index < -0.39 is 18.0 Å². The predicted molar refractivity (Wildman–Crippen MR) is 98.8 cm³/mol. The summed E-state index contributed by atoms with van der Waals surface area (Å²) in [6.45, 7) is 5.02. The van der Waals surface area contributed by atoms with Crippen molar-refractivity contribution in [1.82, 2.24) is 5.32 Å². The third kappa shape index (κ3) is 4.00. The number of carbonyl (C=O) groups is 2. The Morgan fingerprint density at radius 1 is 1.07 bits per heavy atom. The van der Waals surface area contributed by atoms with Gasteiger partial charge in [-0.3, -0.25) is 4.79 Å².